The van der Waals surface area contributed by atoms with Crippen LogP contribution in [0, 0.1) is 0 Å². The molecule has 2 aromatic carbocycles. The average molecular weight is 369 g/mol. The lowest BCUT2D eigenvalue weighted by Crippen LogP contribution is -2.20. The first-order valence-electron chi connectivity index (χ1n) is 8.31. The summed E-state index contributed by atoms with van der Waals surface area (Å²) in [5.41, 5.74) is 0.721. The van der Waals surface area contributed by atoms with E-state index < -0.39 is 5.91 Å². The molecule has 3 rings (SSSR count). The first kappa shape index (κ1) is 18.2. The van der Waals surface area contributed by atoms with Crippen molar-refractivity contribution in [2.24, 2.45) is 0 Å². The van der Waals surface area contributed by atoms with Gasteiger partial charge in [0.2, 0.25) is 5.89 Å². The molecule has 8 heteroatoms. The predicted molar refractivity (Wildman–Crippen MR) is 98.0 cm³/mol. The van der Waals surface area contributed by atoms with Gasteiger partial charge in [-0.25, -0.2) is 0 Å². The van der Waals surface area contributed by atoms with Gasteiger partial charge in [-0.15, -0.1) is 5.10 Å². The van der Waals surface area contributed by atoms with Crippen molar-refractivity contribution in [3.63, 3.8) is 0 Å². The van der Waals surface area contributed by atoms with E-state index in [0.29, 0.717) is 24.0 Å². The summed E-state index contributed by atoms with van der Waals surface area (Å²) in [5, 5.41) is 10.2. The van der Waals surface area contributed by atoms with Crippen LogP contribution in [0.15, 0.2) is 52.9 Å². The molecule has 0 fully saturated rings. The van der Waals surface area contributed by atoms with Crippen LogP contribution in [0.25, 0.3) is 11.5 Å². The Kier molecular flexibility index (Phi) is 5.88. The second-order valence-corrected chi connectivity index (χ2v) is 5.39. The number of aromatic nitrogens is 2. The van der Waals surface area contributed by atoms with Crippen molar-refractivity contribution in [3.8, 4) is 28.7 Å². The molecular weight excluding hydrogens is 350 g/mol. The van der Waals surface area contributed by atoms with E-state index in [1.54, 1.807) is 43.5 Å². The molecule has 0 aliphatic rings. The van der Waals surface area contributed by atoms with Gasteiger partial charge in [0.1, 0.15) is 17.2 Å². The highest BCUT2D eigenvalue weighted by Gasteiger charge is 2.12. The Balaban J connectivity index is 1.55. The number of rotatable bonds is 8. The number of ether oxygens (including phenoxy) is 3. The van der Waals surface area contributed by atoms with E-state index in [-0.39, 0.29) is 12.6 Å². The summed E-state index contributed by atoms with van der Waals surface area (Å²) in [5.74, 6) is 1.79. The normalized spacial score (nSPS) is 10.3. The third kappa shape index (κ3) is 4.97. The van der Waals surface area contributed by atoms with Gasteiger partial charge in [0.25, 0.3) is 5.91 Å². The Morgan fingerprint density at radius 3 is 2.56 bits per heavy atom. The highest BCUT2D eigenvalue weighted by Crippen LogP contribution is 2.23. The molecule has 8 nitrogen and oxygen atoms in total. The Hall–Kier alpha value is -3.55. The van der Waals surface area contributed by atoms with E-state index in [0.717, 1.165) is 11.3 Å². The standard InChI is InChI=1S/C19H19N3O5/c1-3-25-14-9-7-13(8-10-14)18-21-22-19(27-18)20-17(23)12-26-16-6-4-5-15(11-16)24-2/h4-11H,3,12H2,1-2H3,(H,20,22,23). The van der Waals surface area contributed by atoms with Crippen LogP contribution in [0.1, 0.15) is 6.92 Å². The fourth-order valence-corrected chi connectivity index (χ4v) is 2.25. The molecule has 0 radical (unpaired) electrons. The number of nitrogens with zero attached hydrogens (tertiary/aromatic N) is 2. The minimum Gasteiger partial charge on any atom is -0.497 e. The molecule has 140 valence electrons. The summed E-state index contributed by atoms with van der Waals surface area (Å²) in [4.78, 5) is 12.0. The van der Waals surface area contributed by atoms with E-state index in [9.17, 15) is 4.79 Å². The molecule has 1 aromatic heterocycles. The largest absolute Gasteiger partial charge is 0.497 e. The number of nitrogens with one attached hydrogen (secondary N) is 1. The third-order valence-electron chi connectivity index (χ3n) is 3.49. The number of hydrogen-bond acceptors (Lipinski definition) is 7. The van der Waals surface area contributed by atoms with Crippen LogP contribution in [-0.2, 0) is 4.79 Å². The van der Waals surface area contributed by atoms with Gasteiger partial charge in [0.15, 0.2) is 6.61 Å². The monoisotopic (exact) mass is 369 g/mol. The highest BCUT2D eigenvalue weighted by molar-refractivity contribution is 5.89. The quantitative estimate of drug-likeness (QED) is 0.651. The molecule has 1 amide bonds. The second kappa shape index (κ2) is 8.70. The molecule has 1 heterocycles. The Morgan fingerprint density at radius 2 is 1.81 bits per heavy atom. The van der Waals surface area contributed by atoms with Crippen LogP contribution in [-0.4, -0.2) is 36.4 Å². The number of carbonyl (C=O) groups excluding carboxylic acids is 1. The topological polar surface area (TPSA) is 95.7 Å². The average Bonchev–Trinajstić information content (AvgIpc) is 3.16. The summed E-state index contributed by atoms with van der Waals surface area (Å²) in [7, 11) is 1.56. The Labute approximate surface area is 156 Å². The number of amides is 1. The van der Waals surface area contributed by atoms with E-state index in [1.165, 1.54) is 0 Å². The van der Waals surface area contributed by atoms with E-state index in [2.05, 4.69) is 15.5 Å². The molecule has 0 atom stereocenters. The van der Waals surface area contributed by atoms with Crippen molar-refractivity contribution in [1.29, 1.82) is 0 Å². The zero-order valence-corrected chi connectivity index (χ0v) is 15.0. The molecule has 27 heavy (non-hydrogen) atoms. The van der Waals surface area contributed by atoms with E-state index in [1.807, 2.05) is 19.1 Å². The fraction of sp³-hybridized carbons (Fsp3) is 0.211. The van der Waals surface area contributed by atoms with Crippen LogP contribution in [0.5, 0.6) is 17.2 Å². The fourth-order valence-electron chi connectivity index (χ4n) is 2.25. The highest BCUT2D eigenvalue weighted by atomic mass is 16.5. The SMILES string of the molecule is CCOc1ccc(-c2nnc(NC(=O)COc3cccc(OC)c3)o2)cc1. The maximum Gasteiger partial charge on any atom is 0.322 e. The first-order chi connectivity index (χ1) is 13.2. The summed E-state index contributed by atoms with van der Waals surface area (Å²) < 4.78 is 21.4. The smallest absolute Gasteiger partial charge is 0.322 e. The maximum atomic E-state index is 12.0. The number of carbonyl (C=O) groups is 1. The van der Waals surface area contributed by atoms with Gasteiger partial charge < -0.3 is 18.6 Å². The molecule has 0 saturated heterocycles. The van der Waals surface area contributed by atoms with Crippen LogP contribution in [0.4, 0.5) is 6.01 Å². The summed E-state index contributed by atoms with van der Waals surface area (Å²) >= 11 is 0. The minimum absolute atomic E-state index is 0.00173. The molecule has 0 saturated carbocycles. The molecule has 0 spiro atoms. The zero-order valence-electron chi connectivity index (χ0n) is 15.0. The first-order valence-corrected chi connectivity index (χ1v) is 8.31. The van der Waals surface area contributed by atoms with Gasteiger partial charge >= 0.3 is 6.01 Å². The number of methoxy groups -OCH3 is 1. The molecule has 0 bridgehead atoms. The Morgan fingerprint density at radius 1 is 1.04 bits per heavy atom. The van der Waals surface area contributed by atoms with Gasteiger partial charge in [-0.3, -0.25) is 10.1 Å². The van der Waals surface area contributed by atoms with Crippen molar-refractivity contribution in [2.45, 2.75) is 6.92 Å². The van der Waals surface area contributed by atoms with Gasteiger partial charge in [0, 0.05) is 11.6 Å². The van der Waals surface area contributed by atoms with Gasteiger partial charge in [0.05, 0.1) is 13.7 Å². The molecule has 0 aliphatic heterocycles. The minimum atomic E-state index is -0.417. The number of benzene rings is 2. The summed E-state index contributed by atoms with van der Waals surface area (Å²) in [6, 6.07) is 14.2. The van der Waals surface area contributed by atoms with Gasteiger partial charge in [-0.05, 0) is 43.3 Å². The molecule has 1 N–H and O–H groups in total. The van der Waals surface area contributed by atoms with Crippen molar-refractivity contribution < 1.29 is 23.4 Å². The van der Waals surface area contributed by atoms with E-state index in [4.69, 9.17) is 18.6 Å². The molecular formula is C19H19N3O5. The molecule has 0 unspecified atom stereocenters. The van der Waals surface area contributed by atoms with E-state index >= 15 is 0 Å². The lowest BCUT2D eigenvalue weighted by Gasteiger charge is -2.06. The zero-order chi connectivity index (χ0) is 19.1. The van der Waals surface area contributed by atoms with Crippen molar-refractivity contribution >= 4 is 11.9 Å². The number of hydrogen-bond donors (Lipinski definition) is 1. The molecule has 3 aromatic rings. The summed E-state index contributed by atoms with van der Waals surface area (Å²) in [6.45, 7) is 2.31. The van der Waals surface area contributed by atoms with Gasteiger partial charge in [-0.2, -0.15) is 0 Å². The van der Waals surface area contributed by atoms with Gasteiger partial charge in [-0.1, -0.05) is 11.2 Å². The van der Waals surface area contributed by atoms with Crippen molar-refractivity contribution in [1.82, 2.24) is 10.2 Å². The summed E-state index contributed by atoms with van der Waals surface area (Å²) in [6.07, 6.45) is 0. The molecule has 0 aliphatic carbocycles. The van der Waals surface area contributed by atoms with Crippen LogP contribution in [0.3, 0.4) is 0 Å². The van der Waals surface area contributed by atoms with Crippen LogP contribution < -0.4 is 19.5 Å². The van der Waals surface area contributed by atoms with Crippen molar-refractivity contribution in [3.05, 3.63) is 48.5 Å². The predicted octanol–water partition coefficient (Wildman–Crippen LogP) is 3.16. The van der Waals surface area contributed by atoms with Crippen molar-refractivity contribution in [2.75, 3.05) is 25.6 Å². The number of anilines is 1. The maximum absolute atomic E-state index is 12.0. The third-order valence-corrected chi connectivity index (χ3v) is 3.49. The van der Waals surface area contributed by atoms with Crippen LogP contribution in [0.2, 0.25) is 0 Å². The lowest BCUT2D eigenvalue weighted by molar-refractivity contribution is -0.118. The second-order valence-electron chi connectivity index (χ2n) is 5.39. The Bertz CT molecular complexity index is 892. The van der Waals surface area contributed by atoms with Crippen LogP contribution >= 0.6 is 0 Å². The lowest BCUT2D eigenvalue weighted by atomic mass is 10.2.